The summed E-state index contributed by atoms with van der Waals surface area (Å²) in [5, 5.41) is 21.5. The second kappa shape index (κ2) is 3.63. The molecule has 0 atom stereocenters. The van der Waals surface area contributed by atoms with Gasteiger partial charge >= 0.3 is 0 Å². The normalized spacial score (nSPS) is 10.8. The van der Waals surface area contributed by atoms with Gasteiger partial charge in [-0.1, -0.05) is 23.5 Å². The van der Waals surface area contributed by atoms with Crippen LogP contribution in [0.25, 0.3) is 15.5 Å². The lowest BCUT2D eigenvalue weighted by Crippen LogP contribution is -2.14. The maximum atomic E-state index is 11.4. The fraction of sp³-hybridized carbons (Fsp3) is 0. The van der Waals surface area contributed by atoms with Gasteiger partial charge in [-0.2, -0.15) is 14.7 Å². The molecule has 0 saturated carbocycles. The number of fused-ring (bicyclic) bond motifs is 1. The van der Waals surface area contributed by atoms with E-state index in [1.807, 2.05) is 0 Å². The van der Waals surface area contributed by atoms with Crippen LogP contribution in [-0.4, -0.2) is 24.9 Å². The van der Waals surface area contributed by atoms with E-state index in [2.05, 4.69) is 15.3 Å². The highest BCUT2D eigenvalue weighted by atomic mass is 32.1. The smallest absolute Gasteiger partial charge is 0.293 e. The van der Waals surface area contributed by atoms with Gasteiger partial charge < -0.3 is 5.11 Å². The largest absolute Gasteiger partial charge is 0.508 e. The minimum atomic E-state index is -0.322. The molecule has 0 aliphatic carbocycles. The molecule has 84 valence electrons. The Morgan fingerprint density at radius 1 is 1.35 bits per heavy atom. The molecule has 0 spiro atoms. The van der Waals surface area contributed by atoms with Gasteiger partial charge in [-0.25, -0.2) is 0 Å². The number of phenols is 1. The van der Waals surface area contributed by atoms with Crippen molar-refractivity contribution in [1.82, 2.24) is 19.8 Å². The van der Waals surface area contributed by atoms with Gasteiger partial charge in [-0.3, -0.25) is 4.79 Å². The number of hydrogen-bond donors (Lipinski definition) is 1. The fourth-order valence-corrected chi connectivity index (χ4v) is 2.27. The van der Waals surface area contributed by atoms with Crippen LogP contribution in [0.15, 0.2) is 35.3 Å². The predicted octanol–water partition coefficient (Wildman–Crippen LogP) is 0.919. The first-order chi connectivity index (χ1) is 8.24. The van der Waals surface area contributed by atoms with Gasteiger partial charge in [0.05, 0.1) is 0 Å². The number of nitrogens with zero attached hydrogens (tertiary/aromatic N) is 4. The molecular formula is C10H6N4O2S. The summed E-state index contributed by atoms with van der Waals surface area (Å²) in [4.78, 5) is 11.9. The Morgan fingerprint density at radius 3 is 3.00 bits per heavy atom. The number of phenolic OH excluding ortho intramolecular Hbond substituents is 1. The van der Waals surface area contributed by atoms with Gasteiger partial charge in [0.25, 0.3) is 5.56 Å². The summed E-state index contributed by atoms with van der Waals surface area (Å²) >= 11 is 1.24. The van der Waals surface area contributed by atoms with Crippen molar-refractivity contribution >= 4 is 16.3 Å². The maximum Gasteiger partial charge on any atom is 0.293 e. The Hall–Kier alpha value is -2.28. The predicted molar refractivity (Wildman–Crippen MR) is 62.0 cm³/mol. The van der Waals surface area contributed by atoms with Crippen LogP contribution in [0.4, 0.5) is 0 Å². The summed E-state index contributed by atoms with van der Waals surface area (Å²) in [6, 6.07) is 6.67. The maximum absolute atomic E-state index is 11.4. The summed E-state index contributed by atoms with van der Waals surface area (Å²) in [7, 11) is 0. The zero-order valence-electron chi connectivity index (χ0n) is 8.44. The third-order valence-corrected chi connectivity index (χ3v) is 3.12. The third kappa shape index (κ3) is 1.66. The van der Waals surface area contributed by atoms with E-state index in [1.165, 1.54) is 15.9 Å². The Morgan fingerprint density at radius 2 is 2.24 bits per heavy atom. The molecule has 3 rings (SSSR count). The average Bonchev–Trinajstić information content (AvgIpc) is 2.74. The van der Waals surface area contributed by atoms with Crippen molar-refractivity contribution in [1.29, 1.82) is 0 Å². The molecule has 2 heterocycles. The Kier molecular flexibility index (Phi) is 2.12. The van der Waals surface area contributed by atoms with E-state index in [9.17, 15) is 9.90 Å². The molecule has 17 heavy (non-hydrogen) atoms. The standard InChI is InChI=1S/C10H6N4O2S/c15-7-3-1-2-6(4-7)9-13-14-8(16)5-11-12-10(14)17-9/h1-5,15H. The van der Waals surface area contributed by atoms with Gasteiger partial charge in [-0.15, -0.1) is 5.10 Å². The topological polar surface area (TPSA) is 80.4 Å². The van der Waals surface area contributed by atoms with Gasteiger partial charge in [-0.05, 0) is 12.1 Å². The van der Waals surface area contributed by atoms with Gasteiger partial charge in [0.15, 0.2) is 0 Å². The molecule has 0 saturated heterocycles. The molecule has 0 fully saturated rings. The van der Waals surface area contributed by atoms with E-state index in [0.29, 0.717) is 9.97 Å². The molecule has 1 aromatic carbocycles. The SMILES string of the molecule is O=c1cnnc2sc(-c3cccc(O)c3)nn12. The van der Waals surface area contributed by atoms with Crippen LogP contribution >= 0.6 is 11.3 Å². The Balaban J connectivity index is 2.25. The van der Waals surface area contributed by atoms with Crippen molar-refractivity contribution in [2.45, 2.75) is 0 Å². The lowest BCUT2D eigenvalue weighted by molar-refractivity contribution is 0.475. The van der Waals surface area contributed by atoms with Crippen LogP contribution in [0.5, 0.6) is 5.75 Å². The molecule has 0 unspecified atom stereocenters. The van der Waals surface area contributed by atoms with Crippen LogP contribution in [0.3, 0.4) is 0 Å². The second-order valence-corrected chi connectivity index (χ2v) is 4.29. The first-order valence-electron chi connectivity index (χ1n) is 4.75. The highest BCUT2D eigenvalue weighted by Crippen LogP contribution is 2.26. The molecule has 7 heteroatoms. The Labute approximate surface area is 98.8 Å². The van der Waals surface area contributed by atoms with E-state index in [-0.39, 0.29) is 11.3 Å². The molecule has 3 aromatic rings. The lowest BCUT2D eigenvalue weighted by atomic mass is 10.2. The van der Waals surface area contributed by atoms with E-state index in [1.54, 1.807) is 24.3 Å². The minimum Gasteiger partial charge on any atom is -0.508 e. The molecule has 6 nitrogen and oxygen atoms in total. The fourth-order valence-electron chi connectivity index (χ4n) is 1.43. The third-order valence-electron chi connectivity index (χ3n) is 2.17. The van der Waals surface area contributed by atoms with Crippen LogP contribution in [0, 0.1) is 0 Å². The van der Waals surface area contributed by atoms with E-state index in [0.717, 1.165) is 11.8 Å². The van der Waals surface area contributed by atoms with Crippen LogP contribution in [0.2, 0.25) is 0 Å². The van der Waals surface area contributed by atoms with E-state index >= 15 is 0 Å². The van der Waals surface area contributed by atoms with E-state index < -0.39 is 0 Å². The highest BCUT2D eigenvalue weighted by Gasteiger charge is 2.08. The van der Waals surface area contributed by atoms with Crippen molar-refractivity contribution in [3.05, 3.63) is 40.8 Å². The monoisotopic (exact) mass is 246 g/mol. The summed E-state index contributed by atoms with van der Waals surface area (Å²) in [6.07, 6.45) is 1.11. The van der Waals surface area contributed by atoms with Crippen LogP contribution < -0.4 is 5.56 Å². The lowest BCUT2D eigenvalue weighted by Gasteiger charge is -1.95. The first-order valence-corrected chi connectivity index (χ1v) is 5.57. The van der Waals surface area contributed by atoms with Gasteiger partial charge in [0.1, 0.15) is 17.0 Å². The van der Waals surface area contributed by atoms with Crippen molar-refractivity contribution in [2.75, 3.05) is 0 Å². The number of benzene rings is 1. The first kappa shape index (κ1) is 9.91. The van der Waals surface area contributed by atoms with Gasteiger partial charge in [0, 0.05) is 5.56 Å². The molecular weight excluding hydrogens is 240 g/mol. The Bertz CT molecular complexity index is 749. The molecule has 0 radical (unpaired) electrons. The van der Waals surface area contributed by atoms with E-state index in [4.69, 9.17) is 0 Å². The zero-order chi connectivity index (χ0) is 11.8. The van der Waals surface area contributed by atoms with Crippen LogP contribution in [0.1, 0.15) is 0 Å². The number of rotatable bonds is 1. The number of hydrogen-bond acceptors (Lipinski definition) is 6. The molecule has 0 amide bonds. The van der Waals surface area contributed by atoms with Crippen molar-refractivity contribution < 1.29 is 5.11 Å². The van der Waals surface area contributed by atoms with Crippen molar-refractivity contribution in [3.63, 3.8) is 0 Å². The van der Waals surface area contributed by atoms with Crippen LogP contribution in [-0.2, 0) is 0 Å². The van der Waals surface area contributed by atoms with Crippen molar-refractivity contribution in [3.8, 4) is 16.3 Å². The van der Waals surface area contributed by atoms with Crippen molar-refractivity contribution in [2.24, 2.45) is 0 Å². The summed E-state index contributed by atoms with van der Waals surface area (Å²) < 4.78 is 1.19. The summed E-state index contributed by atoms with van der Waals surface area (Å²) in [5.41, 5.74) is 0.414. The summed E-state index contributed by atoms with van der Waals surface area (Å²) in [6.45, 7) is 0. The quantitative estimate of drug-likeness (QED) is 0.690. The molecule has 0 bridgehead atoms. The summed E-state index contributed by atoms with van der Waals surface area (Å²) in [5.74, 6) is 0.153. The minimum absolute atomic E-state index is 0.153. The zero-order valence-corrected chi connectivity index (χ0v) is 9.26. The molecule has 0 aliphatic heterocycles. The molecule has 1 N–H and O–H groups in total. The van der Waals surface area contributed by atoms with Gasteiger partial charge in [0.2, 0.25) is 4.96 Å². The number of aromatic hydroxyl groups is 1. The molecule has 2 aromatic heterocycles. The molecule has 0 aliphatic rings. The number of aromatic nitrogens is 4. The highest BCUT2D eigenvalue weighted by molar-refractivity contribution is 7.19. The second-order valence-electron chi connectivity index (χ2n) is 3.33. The average molecular weight is 246 g/mol.